The van der Waals surface area contributed by atoms with Crippen LogP contribution in [-0.2, 0) is 6.54 Å². The molecule has 2 aromatic heterocycles. The lowest BCUT2D eigenvalue weighted by Gasteiger charge is -2.09. The molecule has 0 saturated heterocycles. The summed E-state index contributed by atoms with van der Waals surface area (Å²) < 4.78 is 9.53. The molecule has 0 radical (unpaired) electrons. The van der Waals surface area contributed by atoms with Crippen molar-refractivity contribution < 1.29 is 14.6 Å². The van der Waals surface area contributed by atoms with Crippen molar-refractivity contribution in [2.45, 2.75) is 6.54 Å². The third kappa shape index (κ3) is 4.39. The Labute approximate surface area is 220 Å². The highest BCUT2D eigenvalue weighted by Crippen LogP contribution is 2.37. The molecule has 0 saturated carbocycles. The van der Waals surface area contributed by atoms with E-state index in [1.165, 1.54) is 4.68 Å². The van der Waals surface area contributed by atoms with Gasteiger partial charge in [0.25, 0.3) is 5.95 Å². The summed E-state index contributed by atoms with van der Waals surface area (Å²) in [5, 5.41) is 16.8. The van der Waals surface area contributed by atoms with Crippen molar-refractivity contribution in [3.63, 3.8) is 0 Å². The number of halogens is 2. The molecule has 0 spiro atoms. The second kappa shape index (κ2) is 9.27. The minimum Gasteiger partial charge on any atom is -0.491 e. The molecule has 5 aromatic rings. The first-order valence-corrected chi connectivity index (χ1v) is 12.0. The van der Waals surface area contributed by atoms with E-state index in [9.17, 15) is 9.90 Å². The maximum atomic E-state index is 11.2. The summed E-state index contributed by atoms with van der Waals surface area (Å²) in [6.07, 6.45) is 0.578. The summed E-state index contributed by atoms with van der Waals surface area (Å²) in [4.78, 5) is 20.5. The number of amides is 1. The minimum absolute atomic E-state index is 0.0815. The molecule has 3 heterocycles. The molecule has 1 amide bonds. The number of benzene rings is 3. The van der Waals surface area contributed by atoms with E-state index in [-0.39, 0.29) is 5.95 Å². The summed E-state index contributed by atoms with van der Waals surface area (Å²) in [5.41, 5.74) is 3.91. The average Bonchev–Trinajstić information content (AvgIpc) is 3.44. The summed E-state index contributed by atoms with van der Waals surface area (Å²) >= 11 is 12.5. The van der Waals surface area contributed by atoms with Crippen LogP contribution in [-0.4, -0.2) is 42.1 Å². The van der Waals surface area contributed by atoms with Gasteiger partial charge >= 0.3 is 6.09 Å². The van der Waals surface area contributed by atoms with Crippen LogP contribution in [0.1, 0.15) is 0 Å². The summed E-state index contributed by atoms with van der Waals surface area (Å²) in [6.45, 7) is 1.01. The van der Waals surface area contributed by atoms with Crippen LogP contribution in [0.25, 0.3) is 39.7 Å². The third-order valence-corrected chi connectivity index (χ3v) is 6.47. The zero-order valence-corrected chi connectivity index (χ0v) is 20.6. The van der Waals surface area contributed by atoms with E-state index < -0.39 is 6.09 Å². The molecule has 184 valence electrons. The second-order valence-electron chi connectivity index (χ2n) is 8.26. The molecular weight excluding hydrogens is 515 g/mol. The van der Waals surface area contributed by atoms with Crippen LogP contribution in [0.2, 0.25) is 10.0 Å². The van der Waals surface area contributed by atoms with E-state index in [0.29, 0.717) is 52.0 Å². The van der Waals surface area contributed by atoms with Crippen molar-refractivity contribution >= 4 is 35.2 Å². The standard InChI is InChI=1S/C26H18Cl2N6O3/c27-17-8-5-15(6-9-17)16-7-10-18-22(13-16)37-12-11-33-14-20(29-23(18)33)24-30-25(31-26(35)36)32-34(24)21-4-2-1-3-19(21)28/h1-10,13-14H,11-12H2,(H,31,32)(H,35,36). The highest BCUT2D eigenvalue weighted by atomic mass is 35.5. The van der Waals surface area contributed by atoms with Crippen molar-refractivity contribution in [2.24, 2.45) is 0 Å². The number of carbonyl (C=O) groups is 1. The first-order valence-electron chi connectivity index (χ1n) is 11.3. The number of aromatic nitrogens is 5. The molecule has 3 aromatic carbocycles. The molecule has 0 atom stereocenters. The Balaban J connectivity index is 1.45. The van der Waals surface area contributed by atoms with Crippen LogP contribution in [0.5, 0.6) is 5.75 Å². The Morgan fingerprint density at radius 2 is 1.76 bits per heavy atom. The van der Waals surface area contributed by atoms with Gasteiger partial charge in [-0.05, 0) is 47.5 Å². The van der Waals surface area contributed by atoms with Crippen LogP contribution in [0.15, 0.2) is 72.9 Å². The van der Waals surface area contributed by atoms with Crippen molar-refractivity contribution in [1.82, 2.24) is 24.3 Å². The van der Waals surface area contributed by atoms with Crippen LogP contribution >= 0.6 is 23.2 Å². The Morgan fingerprint density at radius 1 is 0.973 bits per heavy atom. The van der Waals surface area contributed by atoms with Crippen molar-refractivity contribution in [3.05, 3.63) is 83.0 Å². The van der Waals surface area contributed by atoms with Crippen molar-refractivity contribution in [3.8, 4) is 45.5 Å². The first kappa shape index (κ1) is 23.1. The molecule has 9 nitrogen and oxygen atoms in total. The zero-order chi connectivity index (χ0) is 25.5. The van der Waals surface area contributed by atoms with Gasteiger partial charge in [-0.3, -0.25) is 5.32 Å². The predicted molar refractivity (Wildman–Crippen MR) is 141 cm³/mol. The lowest BCUT2D eigenvalue weighted by Crippen LogP contribution is -2.09. The number of nitrogens with one attached hydrogen (secondary N) is 1. The topological polar surface area (TPSA) is 107 Å². The average molecular weight is 533 g/mol. The van der Waals surface area contributed by atoms with Crippen LogP contribution in [0, 0.1) is 0 Å². The van der Waals surface area contributed by atoms with E-state index in [1.54, 1.807) is 18.2 Å². The number of nitrogens with zero attached hydrogens (tertiary/aromatic N) is 5. The van der Waals surface area contributed by atoms with Crippen LogP contribution in [0.3, 0.4) is 0 Å². The molecular formula is C26H18Cl2N6O3. The van der Waals surface area contributed by atoms with Crippen LogP contribution in [0.4, 0.5) is 10.7 Å². The molecule has 2 N–H and O–H groups in total. The monoisotopic (exact) mass is 532 g/mol. The quantitative estimate of drug-likeness (QED) is 0.283. The fraction of sp³-hybridized carbons (Fsp3) is 0.0769. The number of carboxylic acid groups (broad SMARTS) is 1. The van der Waals surface area contributed by atoms with Gasteiger partial charge < -0.3 is 14.4 Å². The second-order valence-corrected chi connectivity index (χ2v) is 9.11. The Hall–Kier alpha value is -4.34. The van der Waals surface area contributed by atoms with Crippen molar-refractivity contribution in [1.29, 1.82) is 0 Å². The van der Waals surface area contributed by atoms with E-state index in [4.69, 9.17) is 32.9 Å². The zero-order valence-electron chi connectivity index (χ0n) is 19.1. The Bertz CT molecular complexity index is 1640. The number of anilines is 1. The first-order chi connectivity index (χ1) is 18.0. The molecule has 11 heteroatoms. The molecule has 0 unspecified atom stereocenters. The molecule has 0 bridgehead atoms. The number of hydrogen-bond acceptors (Lipinski definition) is 5. The highest BCUT2D eigenvalue weighted by molar-refractivity contribution is 6.32. The van der Waals surface area contributed by atoms with E-state index in [2.05, 4.69) is 15.4 Å². The van der Waals surface area contributed by atoms with Gasteiger partial charge in [0.2, 0.25) is 0 Å². The molecule has 0 aliphatic carbocycles. The molecule has 1 aliphatic heterocycles. The Kier molecular flexibility index (Phi) is 5.78. The lowest BCUT2D eigenvalue weighted by molar-refractivity contribution is 0.209. The smallest absolute Gasteiger partial charge is 0.411 e. The SMILES string of the molecule is O=C(O)Nc1nc(-c2cn3c(n2)-c2ccc(-c4ccc(Cl)cc4)cc2OCC3)n(-c2ccccc2Cl)n1. The van der Waals surface area contributed by atoms with Gasteiger partial charge in [0, 0.05) is 11.2 Å². The van der Waals surface area contributed by atoms with E-state index in [1.807, 2.05) is 59.3 Å². The number of hydrogen-bond donors (Lipinski definition) is 2. The number of ether oxygens (including phenoxy) is 1. The van der Waals surface area contributed by atoms with Gasteiger partial charge in [-0.25, -0.2) is 14.5 Å². The summed E-state index contributed by atoms with van der Waals surface area (Å²) in [5.74, 6) is 1.68. The van der Waals surface area contributed by atoms with Crippen LogP contribution < -0.4 is 10.1 Å². The third-order valence-electron chi connectivity index (χ3n) is 5.90. The molecule has 37 heavy (non-hydrogen) atoms. The van der Waals surface area contributed by atoms with E-state index in [0.717, 1.165) is 16.7 Å². The van der Waals surface area contributed by atoms with E-state index >= 15 is 0 Å². The van der Waals surface area contributed by atoms with Gasteiger partial charge in [0.1, 0.15) is 23.9 Å². The number of rotatable bonds is 4. The maximum absolute atomic E-state index is 11.2. The molecule has 0 fully saturated rings. The highest BCUT2D eigenvalue weighted by Gasteiger charge is 2.24. The fourth-order valence-electron chi connectivity index (χ4n) is 4.23. The summed E-state index contributed by atoms with van der Waals surface area (Å²) in [6, 6.07) is 20.7. The van der Waals surface area contributed by atoms with Gasteiger partial charge in [-0.2, -0.15) is 4.98 Å². The number of imidazole rings is 1. The van der Waals surface area contributed by atoms with Gasteiger partial charge in [-0.1, -0.05) is 53.5 Å². The lowest BCUT2D eigenvalue weighted by atomic mass is 10.0. The summed E-state index contributed by atoms with van der Waals surface area (Å²) in [7, 11) is 0. The van der Waals surface area contributed by atoms with Gasteiger partial charge in [0.05, 0.1) is 22.8 Å². The maximum Gasteiger partial charge on any atom is 0.411 e. The predicted octanol–water partition coefficient (Wildman–Crippen LogP) is 6.25. The molecule has 1 aliphatic rings. The minimum atomic E-state index is -1.27. The molecule has 6 rings (SSSR count). The van der Waals surface area contributed by atoms with Gasteiger partial charge in [-0.15, -0.1) is 5.10 Å². The van der Waals surface area contributed by atoms with Crippen molar-refractivity contribution in [2.75, 3.05) is 11.9 Å². The fourth-order valence-corrected chi connectivity index (χ4v) is 4.57. The Morgan fingerprint density at radius 3 is 2.54 bits per heavy atom. The van der Waals surface area contributed by atoms with Gasteiger partial charge in [0.15, 0.2) is 5.82 Å². The normalized spacial score (nSPS) is 12.3. The number of para-hydroxylation sites is 1. The number of fused-ring (bicyclic) bond motifs is 3. The largest absolute Gasteiger partial charge is 0.491 e.